The molecule has 0 bridgehead atoms. The van der Waals surface area contributed by atoms with Gasteiger partial charge >= 0.3 is 0 Å². The smallest absolute Gasteiger partial charge is 0.123 e. The number of nitrogens with two attached hydrogens (primary N) is 1. The molecule has 88 valence electrons. The molecule has 0 amide bonds. The first kappa shape index (κ1) is 11.4. The summed E-state index contributed by atoms with van der Waals surface area (Å²) in [6.45, 7) is 1.51. The van der Waals surface area contributed by atoms with Gasteiger partial charge in [-0.3, -0.25) is 0 Å². The minimum atomic E-state index is -0.201. The van der Waals surface area contributed by atoms with Gasteiger partial charge in [-0.25, -0.2) is 10.3 Å². The van der Waals surface area contributed by atoms with Crippen molar-refractivity contribution in [1.29, 1.82) is 0 Å². The summed E-state index contributed by atoms with van der Waals surface area (Å²) in [5.41, 5.74) is 1.04. The molecule has 3 nitrogen and oxygen atoms in total. The topological polar surface area (TPSA) is 38.5 Å². The third-order valence-electron chi connectivity index (χ3n) is 3.07. The van der Waals surface area contributed by atoms with Gasteiger partial charge in [0.15, 0.2) is 0 Å². The van der Waals surface area contributed by atoms with Gasteiger partial charge in [0.05, 0.1) is 12.6 Å². The average Bonchev–Trinajstić information content (AvgIpc) is 2.32. The molecule has 16 heavy (non-hydrogen) atoms. The van der Waals surface area contributed by atoms with Crippen molar-refractivity contribution in [3.63, 3.8) is 0 Å². The van der Waals surface area contributed by atoms with Crippen molar-refractivity contribution in [2.45, 2.75) is 25.3 Å². The van der Waals surface area contributed by atoms with Gasteiger partial charge in [0.1, 0.15) is 5.82 Å². The van der Waals surface area contributed by atoms with Crippen LogP contribution in [0.2, 0.25) is 0 Å². The minimum absolute atomic E-state index is 0.201. The fourth-order valence-electron chi connectivity index (χ4n) is 2.26. The van der Waals surface area contributed by atoms with Crippen LogP contribution in [0.25, 0.3) is 0 Å². The minimum Gasteiger partial charge on any atom is -0.366 e. The Morgan fingerprint density at radius 2 is 2.06 bits per heavy atom. The van der Waals surface area contributed by atoms with Crippen LogP contribution in [0.4, 0.5) is 10.1 Å². The molecule has 2 N–H and O–H groups in total. The number of benzene rings is 1. The Hall–Kier alpha value is -1.13. The number of hydrogen-bond donors (Lipinski definition) is 1. The molecule has 4 heteroatoms. The number of rotatable bonds is 3. The molecule has 1 aliphatic rings. The number of anilines is 1. The summed E-state index contributed by atoms with van der Waals surface area (Å²) in [4.78, 5) is 6.99. The molecular weight excluding hydrogens is 207 g/mol. The first-order valence-corrected chi connectivity index (χ1v) is 5.65. The molecule has 1 fully saturated rings. The standard InChI is InChI=1S/C12H17FN2O/c13-10-4-6-11(7-5-10)15-8-2-1-3-12(15)9-16-14/h4-7,12H,1-3,8-9,14H2. The quantitative estimate of drug-likeness (QED) is 0.799. The lowest BCUT2D eigenvalue weighted by Crippen LogP contribution is -2.43. The van der Waals surface area contributed by atoms with Gasteiger partial charge in [0.25, 0.3) is 0 Å². The molecule has 0 radical (unpaired) electrons. The summed E-state index contributed by atoms with van der Waals surface area (Å²) in [5.74, 6) is 4.94. The summed E-state index contributed by atoms with van der Waals surface area (Å²) in [6, 6.07) is 6.91. The summed E-state index contributed by atoms with van der Waals surface area (Å²) in [7, 11) is 0. The molecule has 1 unspecified atom stereocenters. The second kappa shape index (κ2) is 5.27. The molecular formula is C12H17FN2O. The van der Waals surface area contributed by atoms with E-state index in [9.17, 15) is 4.39 Å². The molecule has 1 aliphatic heterocycles. The Morgan fingerprint density at radius 1 is 1.31 bits per heavy atom. The molecule has 1 heterocycles. The summed E-state index contributed by atoms with van der Waals surface area (Å²) in [5, 5.41) is 0. The SMILES string of the molecule is NOCC1CCCCN1c1ccc(F)cc1. The number of piperidine rings is 1. The van der Waals surface area contributed by atoms with Crippen molar-refractivity contribution in [3.05, 3.63) is 30.1 Å². The van der Waals surface area contributed by atoms with Crippen LogP contribution in [0, 0.1) is 5.82 Å². The number of halogens is 1. The molecule has 0 aliphatic carbocycles. The second-order valence-corrected chi connectivity index (χ2v) is 4.15. The van der Waals surface area contributed by atoms with Crippen molar-refractivity contribution >= 4 is 5.69 Å². The first-order valence-electron chi connectivity index (χ1n) is 5.65. The van der Waals surface area contributed by atoms with Gasteiger partial charge < -0.3 is 9.74 Å². The monoisotopic (exact) mass is 224 g/mol. The number of nitrogens with zero attached hydrogens (tertiary/aromatic N) is 1. The van der Waals surface area contributed by atoms with Crippen LogP contribution >= 0.6 is 0 Å². The van der Waals surface area contributed by atoms with Crippen LogP contribution in [0.15, 0.2) is 24.3 Å². The van der Waals surface area contributed by atoms with Crippen molar-refractivity contribution in [2.75, 3.05) is 18.1 Å². The van der Waals surface area contributed by atoms with Crippen molar-refractivity contribution < 1.29 is 9.23 Å². The normalized spacial score (nSPS) is 21.1. The lowest BCUT2D eigenvalue weighted by atomic mass is 10.0. The van der Waals surface area contributed by atoms with E-state index in [1.165, 1.54) is 25.0 Å². The van der Waals surface area contributed by atoms with E-state index in [1.54, 1.807) is 0 Å². The van der Waals surface area contributed by atoms with Gasteiger partial charge in [-0.05, 0) is 43.5 Å². The highest BCUT2D eigenvalue weighted by Gasteiger charge is 2.22. The first-order chi connectivity index (χ1) is 7.81. The van der Waals surface area contributed by atoms with E-state index >= 15 is 0 Å². The van der Waals surface area contributed by atoms with E-state index < -0.39 is 0 Å². The van der Waals surface area contributed by atoms with Gasteiger partial charge in [-0.15, -0.1) is 0 Å². The fourth-order valence-corrected chi connectivity index (χ4v) is 2.26. The maximum atomic E-state index is 12.8. The van der Waals surface area contributed by atoms with Crippen molar-refractivity contribution in [3.8, 4) is 0 Å². The highest BCUT2D eigenvalue weighted by molar-refractivity contribution is 5.47. The fraction of sp³-hybridized carbons (Fsp3) is 0.500. The van der Waals surface area contributed by atoms with Crippen LogP contribution in [-0.2, 0) is 4.84 Å². The van der Waals surface area contributed by atoms with Crippen molar-refractivity contribution in [2.24, 2.45) is 5.90 Å². The van der Waals surface area contributed by atoms with E-state index in [-0.39, 0.29) is 5.82 Å². The van der Waals surface area contributed by atoms with Crippen LogP contribution < -0.4 is 10.8 Å². The van der Waals surface area contributed by atoms with Crippen LogP contribution in [0.1, 0.15) is 19.3 Å². The average molecular weight is 224 g/mol. The van der Waals surface area contributed by atoms with Gasteiger partial charge in [0.2, 0.25) is 0 Å². The van der Waals surface area contributed by atoms with Crippen LogP contribution in [0.5, 0.6) is 0 Å². The molecule has 0 spiro atoms. The Labute approximate surface area is 94.9 Å². The molecule has 1 aromatic rings. The zero-order valence-electron chi connectivity index (χ0n) is 9.23. The van der Waals surface area contributed by atoms with Crippen molar-refractivity contribution in [1.82, 2.24) is 0 Å². The van der Waals surface area contributed by atoms with E-state index in [4.69, 9.17) is 10.7 Å². The second-order valence-electron chi connectivity index (χ2n) is 4.15. The number of hydrogen-bond acceptors (Lipinski definition) is 3. The molecule has 0 saturated carbocycles. The Morgan fingerprint density at radius 3 is 2.75 bits per heavy atom. The molecule has 0 aromatic heterocycles. The van der Waals surface area contributed by atoms with E-state index in [0.29, 0.717) is 12.6 Å². The van der Waals surface area contributed by atoms with Gasteiger partial charge in [-0.1, -0.05) is 0 Å². The lowest BCUT2D eigenvalue weighted by Gasteiger charge is -2.37. The van der Waals surface area contributed by atoms with E-state index in [2.05, 4.69) is 4.90 Å². The summed E-state index contributed by atoms with van der Waals surface area (Å²) in [6.07, 6.45) is 3.44. The van der Waals surface area contributed by atoms with E-state index in [1.807, 2.05) is 12.1 Å². The predicted molar refractivity (Wildman–Crippen MR) is 61.5 cm³/mol. The zero-order valence-corrected chi connectivity index (χ0v) is 9.23. The predicted octanol–water partition coefficient (Wildman–Crippen LogP) is 2.07. The zero-order chi connectivity index (χ0) is 11.4. The lowest BCUT2D eigenvalue weighted by molar-refractivity contribution is 0.114. The summed E-state index contributed by atoms with van der Waals surface area (Å²) >= 11 is 0. The van der Waals surface area contributed by atoms with E-state index in [0.717, 1.165) is 18.7 Å². The Balaban J connectivity index is 2.13. The van der Waals surface area contributed by atoms with Gasteiger partial charge in [-0.2, -0.15) is 0 Å². The van der Waals surface area contributed by atoms with Crippen LogP contribution in [0.3, 0.4) is 0 Å². The molecule has 1 atom stereocenters. The third-order valence-corrected chi connectivity index (χ3v) is 3.07. The molecule has 1 saturated heterocycles. The highest BCUT2D eigenvalue weighted by Crippen LogP contribution is 2.24. The Bertz CT molecular complexity index is 326. The Kier molecular flexibility index (Phi) is 3.74. The third kappa shape index (κ3) is 2.51. The molecule has 2 rings (SSSR count). The largest absolute Gasteiger partial charge is 0.366 e. The molecule has 1 aromatic carbocycles. The maximum Gasteiger partial charge on any atom is 0.123 e. The maximum absolute atomic E-state index is 12.8. The highest BCUT2D eigenvalue weighted by atomic mass is 19.1. The van der Waals surface area contributed by atoms with Crippen LogP contribution in [-0.4, -0.2) is 19.2 Å². The summed E-state index contributed by atoms with van der Waals surface area (Å²) < 4.78 is 12.8. The van der Waals surface area contributed by atoms with Gasteiger partial charge in [0, 0.05) is 12.2 Å².